The molecule has 2 unspecified atom stereocenters. The number of hydrogen-bond acceptors (Lipinski definition) is 6. The van der Waals surface area contributed by atoms with Crippen molar-refractivity contribution in [1.29, 1.82) is 0 Å². The number of carbonyl (C=O) groups is 1. The lowest BCUT2D eigenvalue weighted by Crippen LogP contribution is -2.46. The molecule has 0 N–H and O–H groups in total. The van der Waals surface area contributed by atoms with Crippen LogP contribution in [-0.4, -0.2) is 50.6 Å². The molecule has 2 atom stereocenters. The molecule has 0 spiro atoms. The van der Waals surface area contributed by atoms with Crippen LogP contribution in [0.4, 0.5) is 0 Å². The summed E-state index contributed by atoms with van der Waals surface area (Å²) in [4.78, 5) is 28.7. The SMILES string of the molecule is CCn1cc(C(=O)N2C3CCCC2OC3)c(=O)c2cc(OC3Cc4ccccc4C3)nnc21. The minimum absolute atomic E-state index is 0.0416. The fraction of sp³-hybridized carbons (Fsp3) is 0.440. The number of ether oxygens (including phenoxy) is 2. The smallest absolute Gasteiger partial charge is 0.261 e. The number of amides is 1. The van der Waals surface area contributed by atoms with E-state index in [1.54, 1.807) is 21.7 Å². The van der Waals surface area contributed by atoms with Crippen molar-refractivity contribution in [2.75, 3.05) is 6.61 Å². The minimum atomic E-state index is -0.334. The van der Waals surface area contributed by atoms with E-state index in [9.17, 15) is 9.59 Å². The summed E-state index contributed by atoms with van der Waals surface area (Å²) in [6, 6.07) is 9.96. The third-order valence-electron chi connectivity index (χ3n) is 7.08. The fourth-order valence-electron chi connectivity index (χ4n) is 5.42. The number of piperidine rings is 1. The average molecular weight is 447 g/mol. The summed E-state index contributed by atoms with van der Waals surface area (Å²) >= 11 is 0. The van der Waals surface area contributed by atoms with Crippen LogP contribution in [0.3, 0.4) is 0 Å². The van der Waals surface area contributed by atoms with E-state index in [0.717, 1.165) is 32.1 Å². The van der Waals surface area contributed by atoms with Crippen molar-refractivity contribution in [2.24, 2.45) is 0 Å². The third-order valence-corrected chi connectivity index (χ3v) is 7.08. The van der Waals surface area contributed by atoms with E-state index < -0.39 is 0 Å². The molecule has 33 heavy (non-hydrogen) atoms. The number of aryl methyl sites for hydroxylation is 1. The van der Waals surface area contributed by atoms with Gasteiger partial charge in [-0.2, -0.15) is 0 Å². The molecule has 3 aliphatic rings. The van der Waals surface area contributed by atoms with Crippen molar-refractivity contribution in [3.63, 3.8) is 0 Å². The monoisotopic (exact) mass is 446 g/mol. The number of hydrogen-bond donors (Lipinski definition) is 0. The van der Waals surface area contributed by atoms with Crippen molar-refractivity contribution in [2.45, 2.75) is 63.9 Å². The van der Waals surface area contributed by atoms with E-state index >= 15 is 0 Å². The summed E-state index contributed by atoms with van der Waals surface area (Å²) in [6.07, 6.45) is 5.68. The molecule has 2 bridgehead atoms. The molecule has 1 aromatic carbocycles. The van der Waals surface area contributed by atoms with Gasteiger partial charge in [-0.05, 0) is 37.3 Å². The lowest BCUT2D eigenvalue weighted by molar-refractivity contribution is 0.0123. The zero-order valence-corrected chi connectivity index (χ0v) is 18.6. The zero-order chi connectivity index (χ0) is 22.5. The van der Waals surface area contributed by atoms with E-state index in [0.29, 0.717) is 30.1 Å². The van der Waals surface area contributed by atoms with Crippen LogP contribution in [0.25, 0.3) is 11.0 Å². The molecule has 2 aliphatic heterocycles. The number of pyridine rings is 1. The maximum atomic E-state index is 13.5. The molecule has 2 fully saturated rings. The minimum Gasteiger partial charge on any atom is -0.473 e. The van der Waals surface area contributed by atoms with Gasteiger partial charge in [0.15, 0.2) is 5.65 Å². The topological polar surface area (TPSA) is 86.5 Å². The molecule has 170 valence electrons. The van der Waals surface area contributed by atoms with Gasteiger partial charge in [0.05, 0.1) is 18.0 Å². The molecular formula is C25H26N4O4. The lowest BCUT2D eigenvalue weighted by atomic mass is 10.0. The van der Waals surface area contributed by atoms with Crippen LogP contribution in [0, 0.1) is 0 Å². The average Bonchev–Trinajstić information content (AvgIpc) is 3.35. The summed E-state index contributed by atoms with van der Waals surface area (Å²) in [7, 11) is 0. The van der Waals surface area contributed by atoms with E-state index in [2.05, 4.69) is 22.3 Å². The van der Waals surface area contributed by atoms with Gasteiger partial charge in [0, 0.05) is 31.6 Å². The Kier molecular flexibility index (Phi) is 4.90. The first-order chi connectivity index (χ1) is 16.1. The summed E-state index contributed by atoms with van der Waals surface area (Å²) in [5.74, 6) is 0.0489. The summed E-state index contributed by atoms with van der Waals surface area (Å²) in [6.45, 7) is 3.06. The predicted molar refractivity (Wildman–Crippen MR) is 121 cm³/mol. The van der Waals surface area contributed by atoms with Gasteiger partial charge in [0.1, 0.15) is 17.9 Å². The molecule has 6 rings (SSSR count). The van der Waals surface area contributed by atoms with Gasteiger partial charge in [-0.3, -0.25) is 9.59 Å². The first-order valence-corrected chi connectivity index (χ1v) is 11.7. The second-order valence-electron chi connectivity index (χ2n) is 9.08. The van der Waals surface area contributed by atoms with Crippen LogP contribution >= 0.6 is 0 Å². The Balaban J connectivity index is 1.35. The van der Waals surface area contributed by atoms with Crippen molar-refractivity contribution in [1.82, 2.24) is 19.7 Å². The molecule has 2 aromatic heterocycles. The highest BCUT2D eigenvalue weighted by atomic mass is 16.5. The Morgan fingerprint density at radius 3 is 2.70 bits per heavy atom. The summed E-state index contributed by atoms with van der Waals surface area (Å²) < 4.78 is 13.7. The van der Waals surface area contributed by atoms with Gasteiger partial charge in [0.2, 0.25) is 11.3 Å². The highest BCUT2D eigenvalue weighted by Crippen LogP contribution is 2.31. The Morgan fingerprint density at radius 1 is 1.18 bits per heavy atom. The maximum Gasteiger partial charge on any atom is 0.261 e. The number of carbonyl (C=O) groups excluding carboxylic acids is 1. The molecule has 0 radical (unpaired) electrons. The molecule has 4 heterocycles. The highest BCUT2D eigenvalue weighted by molar-refractivity contribution is 5.97. The van der Waals surface area contributed by atoms with E-state index in [4.69, 9.17) is 9.47 Å². The number of rotatable bonds is 4. The van der Waals surface area contributed by atoms with E-state index in [-0.39, 0.29) is 35.3 Å². The van der Waals surface area contributed by atoms with Crippen LogP contribution in [0.2, 0.25) is 0 Å². The van der Waals surface area contributed by atoms with Crippen LogP contribution in [0.1, 0.15) is 47.7 Å². The number of benzene rings is 1. The van der Waals surface area contributed by atoms with E-state index in [1.165, 1.54) is 11.1 Å². The molecule has 1 amide bonds. The normalized spacial score (nSPS) is 22.0. The van der Waals surface area contributed by atoms with Crippen molar-refractivity contribution in [3.05, 3.63) is 63.4 Å². The Hall–Kier alpha value is -3.26. The Morgan fingerprint density at radius 2 is 1.97 bits per heavy atom. The molecular weight excluding hydrogens is 420 g/mol. The Labute approximate surface area is 191 Å². The number of aromatic nitrogens is 3. The molecule has 0 saturated carbocycles. The van der Waals surface area contributed by atoms with Gasteiger partial charge < -0.3 is 18.9 Å². The molecule has 3 aromatic rings. The second-order valence-corrected chi connectivity index (χ2v) is 9.08. The molecule has 8 nitrogen and oxygen atoms in total. The first kappa shape index (κ1) is 20.4. The zero-order valence-electron chi connectivity index (χ0n) is 18.6. The van der Waals surface area contributed by atoms with Crippen molar-refractivity contribution < 1.29 is 14.3 Å². The molecule has 1 aliphatic carbocycles. The predicted octanol–water partition coefficient (Wildman–Crippen LogP) is 2.71. The number of fused-ring (bicyclic) bond motifs is 4. The number of nitrogens with zero attached hydrogens (tertiary/aromatic N) is 4. The first-order valence-electron chi connectivity index (χ1n) is 11.7. The van der Waals surface area contributed by atoms with E-state index in [1.807, 2.05) is 19.1 Å². The Bertz CT molecular complexity index is 1260. The van der Waals surface area contributed by atoms with Gasteiger partial charge in [-0.25, -0.2) is 0 Å². The fourth-order valence-corrected chi connectivity index (χ4v) is 5.42. The summed E-state index contributed by atoms with van der Waals surface area (Å²) in [5, 5.41) is 8.89. The van der Waals surface area contributed by atoms with Crippen LogP contribution in [0.5, 0.6) is 5.88 Å². The van der Waals surface area contributed by atoms with Crippen molar-refractivity contribution in [3.8, 4) is 5.88 Å². The van der Waals surface area contributed by atoms with Gasteiger partial charge in [-0.15, -0.1) is 10.2 Å². The van der Waals surface area contributed by atoms with Crippen LogP contribution in [0.15, 0.2) is 41.3 Å². The largest absolute Gasteiger partial charge is 0.473 e. The van der Waals surface area contributed by atoms with Crippen LogP contribution in [-0.2, 0) is 24.1 Å². The summed E-state index contributed by atoms with van der Waals surface area (Å²) in [5.41, 5.74) is 2.82. The highest BCUT2D eigenvalue weighted by Gasteiger charge is 2.41. The maximum absolute atomic E-state index is 13.5. The standard InChI is InChI=1S/C25H26N4O4/c1-2-28-13-20(25(31)29-17-8-5-9-22(29)32-14-17)23(30)19-12-21(26-27-24(19)28)33-18-10-15-6-3-4-7-16(15)11-18/h3-4,6-7,12-13,17-18,22H,2,5,8-11,14H2,1H3. The van der Waals surface area contributed by atoms with Crippen molar-refractivity contribution >= 4 is 16.9 Å². The van der Waals surface area contributed by atoms with Gasteiger partial charge in [0.25, 0.3) is 5.91 Å². The van der Waals surface area contributed by atoms with Crippen LogP contribution < -0.4 is 10.2 Å². The molecule has 2 saturated heterocycles. The quantitative estimate of drug-likeness (QED) is 0.613. The third kappa shape index (κ3) is 3.40. The second kappa shape index (κ2) is 7.95. The van der Waals surface area contributed by atoms with Gasteiger partial charge in [-0.1, -0.05) is 24.3 Å². The lowest BCUT2D eigenvalue weighted by Gasteiger charge is -2.32. The molecule has 8 heteroatoms. The van der Waals surface area contributed by atoms with Gasteiger partial charge >= 0.3 is 0 Å².